The van der Waals surface area contributed by atoms with Crippen LogP contribution in [0.4, 0.5) is 17.1 Å². The summed E-state index contributed by atoms with van der Waals surface area (Å²) in [4.78, 5) is 29.3. The molecule has 1 heterocycles. The number of nitrogens with zero attached hydrogens (tertiary/aromatic N) is 4. The molecule has 0 saturated carbocycles. The molecule has 1 fully saturated rings. The Hall–Kier alpha value is -3.26. The summed E-state index contributed by atoms with van der Waals surface area (Å²) in [7, 11) is 0. The quantitative estimate of drug-likeness (QED) is 0.544. The molecule has 0 aromatic heterocycles. The van der Waals surface area contributed by atoms with Gasteiger partial charge < -0.3 is 5.11 Å². The lowest BCUT2D eigenvalue weighted by atomic mass is 10.2. The summed E-state index contributed by atoms with van der Waals surface area (Å²) >= 11 is 1.16. The summed E-state index contributed by atoms with van der Waals surface area (Å²) in [5.41, 5.74) is 2.07. The van der Waals surface area contributed by atoms with E-state index in [1.807, 2.05) is 30.3 Å². The highest BCUT2D eigenvalue weighted by Gasteiger charge is 2.38. The molecule has 0 aliphatic carbocycles. The highest BCUT2D eigenvalue weighted by molar-refractivity contribution is 8.15. The minimum Gasteiger partial charge on any atom is -0.481 e. The number of carboxylic acid groups (broad SMARTS) is 1. The second-order valence-electron chi connectivity index (χ2n) is 5.89. The first kappa shape index (κ1) is 19.5. The number of amides is 1. The van der Waals surface area contributed by atoms with Gasteiger partial charge in [0, 0.05) is 6.54 Å². The van der Waals surface area contributed by atoms with Crippen LogP contribution in [0.25, 0.3) is 0 Å². The van der Waals surface area contributed by atoms with Crippen molar-refractivity contribution in [1.82, 2.24) is 4.90 Å². The van der Waals surface area contributed by atoms with Gasteiger partial charge >= 0.3 is 5.97 Å². The molecule has 3 rings (SSSR count). The molecule has 1 aliphatic heterocycles. The molecule has 0 spiro atoms. The van der Waals surface area contributed by atoms with Crippen molar-refractivity contribution in [2.45, 2.75) is 11.7 Å². The number of carbonyl (C=O) groups excluding carboxylic acids is 1. The van der Waals surface area contributed by atoms with Gasteiger partial charge in [-0.3, -0.25) is 14.5 Å². The highest BCUT2D eigenvalue weighted by Crippen LogP contribution is 2.32. The van der Waals surface area contributed by atoms with E-state index in [-0.39, 0.29) is 18.9 Å². The molecule has 2 aromatic carbocycles. The lowest BCUT2D eigenvalue weighted by Gasteiger charge is -2.13. The summed E-state index contributed by atoms with van der Waals surface area (Å²) in [6.45, 7) is 3.93. The van der Waals surface area contributed by atoms with Crippen LogP contribution in [0.2, 0.25) is 0 Å². The number of carbonyl (C=O) groups is 2. The second kappa shape index (κ2) is 9.09. The Morgan fingerprint density at radius 2 is 1.68 bits per heavy atom. The molecule has 1 amide bonds. The van der Waals surface area contributed by atoms with E-state index in [1.54, 1.807) is 30.3 Å². The zero-order valence-electron chi connectivity index (χ0n) is 14.9. The maximum absolute atomic E-state index is 12.4. The maximum atomic E-state index is 12.4. The molecular formula is C20H18N4O3S. The molecule has 1 aliphatic rings. The van der Waals surface area contributed by atoms with Crippen LogP contribution in [0.5, 0.6) is 0 Å². The van der Waals surface area contributed by atoms with Crippen LogP contribution >= 0.6 is 11.8 Å². The van der Waals surface area contributed by atoms with Gasteiger partial charge in [-0.25, -0.2) is 4.99 Å². The Kier molecular flexibility index (Phi) is 6.33. The van der Waals surface area contributed by atoms with Gasteiger partial charge in [0.25, 0.3) is 0 Å². The van der Waals surface area contributed by atoms with E-state index < -0.39 is 11.2 Å². The number of benzene rings is 2. The number of hydrogen-bond donors (Lipinski definition) is 1. The number of aliphatic carboxylic acids is 1. The van der Waals surface area contributed by atoms with E-state index in [2.05, 4.69) is 21.8 Å². The van der Waals surface area contributed by atoms with Crippen molar-refractivity contribution >= 4 is 45.9 Å². The average molecular weight is 394 g/mol. The standard InChI is InChI=1S/C20H18N4O3S/c1-2-12-24-19(27)17(13-18(25)26)28-20(24)21-14-8-10-16(11-9-14)23-22-15-6-4-3-5-7-15/h2-11,17H,1,12-13H2,(H,25,26)/t17-/m0/s1. The lowest BCUT2D eigenvalue weighted by Crippen LogP contribution is -2.32. The topological polar surface area (TPSA) is 94.7 Å². The fraction of sp³-hybridized carbons (Fsp3) is 0.150. The Bertz CT molecular complexity index is 926. The molecule has 0 radical (unpaired) electrons. The summed E-state index contributed by atoms with van der Waals surface area (Å²) in [5, 5.41) is 17.1. The zero-order valence-corrected chi connectivity index (χ0v) is 15.7. The van der Waals surface area contributed by atoms with Crippen LogP contribution in [0, 0.1) is 0 Å². The second-order valence-corrected chi connectivity index (χ2v) is 7.06. The predicted molar refractivity (Wildman–Crippen MR) is 110 cm³/mol. The van der Waals surface area contributed by atoms with Gasteiger partial charge in [0.1, 0.15) is 5.25 Å². The van der Waals surface area contributed by atoms with E-state index in [9.17, 15) is 9.59 Å². The molecule has 8 heteroatoms. The van der Waals surface area contributed by atoms with E-state index in [0.29, 0.717) is 16.5 Å². The van der Waals surface area contributed by atoms with Gasteiger partial charge in [-0.2, -0.15) is 10.2 Å². The Morgan fingerprint density at radius 3 is 2.29 bits per heavy atom. The van der Waals surface area contributed by atoms with Crippen LogP contribution in [0.1, 0.15) is 6.42 Å². The van der Waals surface area contributed by atoms with Crippen LogP contribution < -0.4 is 0 Å². The minimum atomic E-state index is -1.02. The first-order valence-electron chi connectivity index (χ1n) is 8.53. The average Bonchev–Trinajstić information content (AvgIpc) is 2.97. The summed E-state index contributed by atoms with van der Waals surface area (Å²) < 4.78 is 0. The zero-order chi connectivity index (χ0) is 19.9. The Morgan fingerprint density at radius 1 is 1.07 bits per heavy atom. The van der Waals surface area contributed by atoms with Gasteiger partial charge in [0.2, 0.25) is 5.91 Å². The van der Waals surface area contributed by atoms with Gasteiger partial charge in [0.05, 0.1) is 23.5 Å². The van der Waals surface area contributed by atoms with Crippen LogP contribution in [-0.4, -0.2) is 38.8 Å². The third-order valence-corrected chi connectivity index (χ3v) is 4.98. The fourth-order valence-corrected chi connectivity index (χ4v) is 3.65. The number of hydrogen-bond acceptors (Lipinski definition) is 6. The smallest absolute Gasteiger partial charge is 0.305 e. The van der Waals surface area contributed by atoms with Crippen molar-refractivity contribution < 1.29 is 14.7 Å². The number of azo groups is 1. The SMILES string of the molecule is C=CCN1C(=O)[C@H](CC(=O)O)SC1=Nc1ccc(N=Nc2ccccc2)cc1. The van der Waals surface area contributed by atoms with Crippen molar-refractivity contribution in [3.8, 4) is 0 Å². The first-order valence-corrected chi connectivity index (χ1v) is 9.41. The Balaban J connectivity index is 1.76. The van der Waals surface area contributed by atoms with E-state index in [4.69, 9.17) is 5.11 Å². The summed E-state index contributed by atoms with van der Waals surface area (Å²) in [6.07, 6.45) is 1.35. The molecule has 1 N–H and O–H groups in total. The first-order chi connectivity index (χ1) is 13.6. The van der Waals surface area contributed by atoms with Crippen LogP contribution in [-0.2, 0) is 9.59 Å². The monoisotopic (exact) mass is 394 g/mol. The molecule has 28 heavy (non-hydrogen) atoms. The third kappa shape index (κ3) is 4.92. The number of thioether (sulfide) groups is 1. The van der Waals surface area contributed by atoms with Gasteiger partial charge in [-0.1, -0.05) is 36.0 Å². The molecule has 0 unspecified atom stereocenters. The summed E-state index contributed by atoms with van der Waals surface area (Å²) in [6, 6.07) is 16.5. The maximum Gasteiger partial charge on any atom is 0.305 e. The van der Waals surface area contributed by atoms with Gasteiger partial charge in [0.15, 0.2) is 5.17 Å². The minimum absolute atomic E-state index is 0.241. The van der Waals surface area contributed by atoms with Crippen molar-refractivity contribution in [1.29, 1.82) is 0 Å². The Labute approximate surface area is 166 Å². The van der Waals surface area contributed by atoms with Gasteiger partial charge in [-0.05, 0) is 36.4 Å². The van der Waals surface area contributed by atoms with Crippen molar-refractivity contribution in [2.75, 3.05) is 6.54 Å². The third-order valence-electron chi connectivity index (χ3n) is 3.80. The molecule has 0 bridgehead atoms. The van der Waals surface area contributed by atoms with Crippen molar-refractivity contribution in [2.24, 2.45) is 15.2 Å². The normalized spacial score (nSPS) is 18.1. The molecule has 7 nitrogen and oxygen atoms in total. The molecule has 2 aromatic rings. The number of rotatable bonds is 7. The predicted octanol–water partition coefficient (Wildman–Crippen LogP) is 4.69. The lowest BCUT2D eigenvalue weighted by molar-refractivity contribution is -0.139. The molecule has 142 valence electrons. The van der Waals surface area contributed by atoms with Gasteiger partial charge in [-0.15, -0.1) is 6.58 Å². The number of amidine groups is 1. The van der Waals surface area contributed by atoms with Crippen molar-refractivity contribution in [3.05, 3.63) is 67.3 Å². The highest BCUT2D eigenvalue weighted by atomic mass is 32.2. The van der Waals surface area contributed by atoms with E-state index in [1.165, 1.54) is 4.90 Å². The largest absolute Gasteiger partial charge is 0.481 e. The molecular weight excluding hydrogens is 376 g/mol. The van der Waals surface area contributed by atoms with Crippen molar-refractivity contribution in [3.63, 3.8) is 0 Å². The van der Waals surface area contributed by atoms with E-state index in [0.717, 1.165) is 17.4 Å². The van der Waals surface area contributed by atoms with E-state index >= 15 is 0 Å². The fourth-order valence-electron chi connectivity index (χ4n) is 2.50. The molecule has 1 atom stereocenters. The number of carboxylic acids is 1. The summed E-state index contributed by atoms with van der Waals surface area (Å²) in [5.74, 6) is -1.28. The van der Waals surface area contributed by atoms with Crippen LogP contribution in [0.15, 0.2) is 82.5 Å². The number of aliphatic imine (C=N–C) groups is 1. The van der Waals surface area contributed by atoms with Crippen LogP contribution in [0.3, 0.4) is 0 Å². The molecule has 1 saturated heterocycles.